The van der Waals surface area contributed by atoms with Crippen molar-refractivity contribution in [3.05, 3.63) is 29.5 Å². The van der Waals surface area contributed by atoms with E-state index in [4.69, 9.17) is 20.4 Å². The third-order valence-electron chi connectivity index (χ3n) is 4.92. The number of ether oxygens (including phenoxy) is 1. The summed E-state index contributed by atoms with van der Waals surface area (Å²) >= 11 is 0. The Hall–Kier alpha value is -2.90. The number of methoxy groups -OCH3 is 1. The number of nitrogens with zero attached hydrogens (tertiary/aromatic N) is 4. The standard InChI is InChI=1S/C18H22N6O2/c1-26-17(25)13-7-4-10-24(13)18-20-12-6-2-5-11(12)16(23-18)22-15-9-3-8-14(19)21-15/h3,8-9,13H,2,4-7,10H2,1H3,(H3,19,20,21,22,23). The first-order valence-corrected chi connectivity index (χ1v) is 8.89. The van der Waals surface area contributed by atoms with E-state index in [1.807, 2.05) is 17.0 Å². The molecule has 8 heteroatoms. The smallest absolute Gasteiger partial charge is 0.328 e. The number of nitrogen functional groups attached to an aromatic ring is 1. The van der Waals surface area contributed by atoms with Crippen LogP contribution in [0, 0.1) is 0 Å². The van der Waals surface area contributed by atoms with Crippen LogP contribution in [0.25, 0.3) is 0 Å². The predicted octanol–water partition coefficient (Wildman–Crippen LogP) is 1.83. The molecule has 0 radical (unpaired) electrons. The monoisotopic (exact) mass is 354 g/mol. The molecule has 0 spiro atoms. The van der Waals surface area contributed by atoms with Gasteiger partial charge in [-0.3, -0.25) is 0 Å². The van der Waals surface area contributed by atoms with Gasteiger partial charge in [0, 0.05) is 12.1 Å². The third kappa shape index (κ3) is 3.02. The Bertz CT molecular complexity index is 840. The molecular formula is C18H22N6O2. The SMILES string of the molecule is COC(=O)C1CCCN1c1nc2c(c(Nc3cccc(N)n3)n1)CCC2. The summed E-state index contributed by atoms with van der Waals surface area (Å²) in [6.45, 7) is 0.745. The van der Waals surface area contributed by atoms with E-state index >= 15 is 0 Å². The molecule has 3 heterocycles. The lowest BCUT2D eigenvalue weighted by molar-refractivity contribution is -0.141. The number of hydrogen-bond acceptors (Lipinski definition) is 8. The van der Waals surface area contributed by atoms with Crippen molar-refractivity contribution in [2.75, 3.05) is 29.6 Å². The number of aromatic nitrogens is 3. The molecule has 2 aliphatic rings. The fourth-order valence-corrected chi connectivity index (χ4v) is 3.68. The van der Waals surface area contributed by atoms with Gasteiger partial charge in [-0.2, -0.15) is 4.98 Å². The van der Waals surface area contributed by atoms with Crippen molar-refractivity contribution in [3.63, 3.8) is 0 Å². The first-order chi connectivity index (χ1) is 12.7. The number of anilines is 4. The quantitative estimate of drug-likeness (QED) is 0.801. The molecule has 136 valence electrons. The highest BCUT2D eigenvalue weighted by atomic mass is 16.5. The van der Waals surface area contributed by atoms with Crippen LogP contribution in [0.1, 0.15) is 30.5 Å². The number of esters is 1. The summed E-state index contributed by atoms with van der Waals surface area (Å²) in [5.74, 6) is 2.18. The Morgan fingerprint density at radius 1 is 1.27 bits per heavy atom. The summed E-state index contributed by atoms with van der Waals surface area (Å²) in [5.41, 5.74) is 7.93. The molecule has 2 aromatic heterocycles. The van der Waals surface area contributed by atoms with Crippen LogP contribution in [0.2, 0.25) is 0 Å². The summed E-state index contributed by atoms with van der Waals surface area (Å²) in [5, 5.41) is 3.28. The van der Waals surface area contributed by atoms with Gasteiger partial charge in [-0.05, 0) is 44.2 Å². The molecule has 1 aliphatic heterocycles. The number of aryl methyl sites for hydroxylation is 1. The van der Waals surface area contributed by atoms with E-state index in [0.717, 1.165) is 55.7 Å². The number of rotatable bonds is 4. The average molecular weight is 354 g/mol. The second kappa shape index (κ2) is 6.78. The molecule has 1 saturated heterocycles. The summed E-state index contributed by atoms with van der Waals surface area (Å²) in [6, 6.07) is 5.12. The van der Waals surface area contributed by atoms with Crippen molar-refractivity contribution in [1.82, 2.24) is 15.0 Å². The maximum atomic E-state index is 12.1. The second-order valence-corrected chi connectivity index (χ2v) is 6.60. The molecule has 1 aliphatic carbocycles. The molecule has 2 aromatic rings. The van der Waals surface area contributed by atoms with Gasteiger partial charge in [0.1, 0.15) is 23.5 Å². The van der Waals surface area contributed by atoms with Gasteiger partial charge >= 0.3 is 5.97 Å². The number of nitrogens with one attached hydrogen (secondary N) is 1. The highest BCUT2D eigenvalue weighted by Crippen LogP contribution is 2.32. The van der Waals surface area contributed by atoms with Crippen molar-refractivity contribution >= 4 is 29.4 Å². The van der Waals surface area contributed by atoms with Crippen molar-refractivity contribution < 1.29 is 9.53 Å². The van der Waals surface area contributed by atoms with Gasteiger partial charge in [-0.25, -0.2) is 14.8 Å². The molecule has 3 N–H and O–H groups in total. The minimum Gasteiger partial charge on any atom is -0.467 e. The van der Waals surface area contributed by atoms with Gasteiger partial charge in [0.2, 0.25) is 5.95 Å². The molecule has 1 unspecified atom stereocenters. The van der Waals surface area contributed by atoms with Crippen LogP contribution in [0.3, 0.4) is 0 Å². The molecule has 0 aromatic carbocycles. The Kier molecular flexibility index (Phi) is 4.32. The first-order valence-electron chi connectivity index (χ1n) is 8.89. The van der Waals surface area contributed by atoms with Gasteiger partial charge in [0.05, 0.1) is 12.8 Å². The maximum Gasteiger partial charge on any atom is 0.328 e. The van der Waals surface area contributed by atoms with E-state index in [0.29, 0.717) is 17.6 Å². The largest absolute Gasteiger partial charge is 0.467 e. The lowest BCUT2D eigenvalue weighted by Crippen LogP contribution is -2.38. The minimum atomic E-state index is -0.321. The molecule has 1 atom stereocenters. The van der Waals surface area contributed by atoms with E-state index in [1.54, 1.807) is 6.07 Å². The van der Waals surface area contributed by atoms with Gasteiger partial charge in [0.25, 0.3) is 0 Å². The molecule has 26 heavy (non-hydrogen) atoms. The van der Waals surface area contributed by atoms with Crippen LogP contribution >= 0.6 is 0 Å². The van der Waals surface area contributed by atoms with E-state index < -0.39 is 0 Å². The molecule has 4 rings (SSSR count). The third-order valence-corrected chi connectivity index (χ3v) is 4.92. The minimum absolute atomic E-state index is 0.237. The van der Waals surface area contributed by atoms with Crippen molar-refractivity contribution in [2.24, 2.45) is 0 Å². The fourth-order valence-electron chi connectivity index (χ4n) is 3.68. The van der Waals surface area contributed by atoms with Gasteiger partial charge < -0.3 is 20.7 Å². The Morgan fingerprint density at radius 2 is 2.15 bits per heavy atom. The molecule has 0 saturated carbocycles. The number of fused-ring (bicyclic) bond motifs is 1. The highest BCUT2D eigenvalue weighted by molar-refractivity contribution is 5.80. The zero-order valence-electron chi connectivity index (χ0n) is 14.7. The summed E-state index contributed by atoms with van der Waals surface area (Å²) in [6.07, 6.45) is 4.57. The lowest BCUT2D eigenvalue weighted by atomic mass is 10.2. The van der Waals surface area contributed by atoms with Gasteiger partial charge in [-0.15, -0.1) is 0 Å². The van der Waals surface area contributed by atoms with E-state index in [-0.39, 0.29) is 12.0 Å². The number of pyridine rings is 1. The van der Waals surface area contributed by atoms with Crippen LogP contribution < -0.4 is 16.0 Å². The summed E-state index contributed by atoms with van der Waals surface area (Å²) < 4.78 is 4.94. The van der Waals surface area contributed by atoms with Crippen LogP contribution in [0.4, 0.5) is 23.4 Å². The topological polar surface area (TPSA) is 106 Å². The Morgan fingerprint density at radius 3 is 2.96 bits per heavy atom. The predicted molar refractivity (Wildman–Crippen MR) is 98.4 cm³/mol. The van der Waals surface area contributed by atoms with Gasteiger partial charge in [0.15, 0.2) is 0 Å². The number of hydrogen-bond donors (Lipinski definition) is 2. The van der Waals surface area contributed by atoms with E-state index in [1.165, 1.54) is 7.11 Å². The zero-order valence-corrected chi connectivity index (χ0v) is 14.7. The molecule has 1 fully saturated rings. The molecular weight excluding hydrogens is 332 g/mol. The van der Waals surface area contributed by atoms with Crippen molar-refractivity contribution in [1.29, 1.82) is 0 Å². The molecule has 0 bridgehead atoms. The zero-order chi connectivity index (χ0) is 18.1. The van der Waals surface area contributed by atoms with Crippen LogP contribution in [-0.2, 0) is 22.4 Å². The second-order valence-electron chi connectivity index (χ2n) is 6.60. The van der Waals surface area contributed by atoms with Crippen LogP contribution in [0.15, 0.2) is 18.2 Å². The number of carbonyl (C=O) groups excluding carboxylic acids is 1. The summed E-state index contributed by atoms with van der Waals surface area (Å²) in [4.78, 5) is 27.8. The molecule has 0 amide bonds. The lowest BCUT2D eigenvalue weighted by Gasteiger charge is -2.24. The first kappa shape index (κ1) is 16.6. The summed E-state index contributed by atoms with van der Waals surface area (Å²) in [7, 11) is 1.42. The van der Waals surface area contributed by atoms with Crippen LogP contribution in [-0.4, -0.2) is 40.6 Å². The van der Waals surface area contributed by atoms with E-state index in [2.05, 4.69) is 10.3 Å². The van der Waals surface area contributed by atoms with Gasteiger partial charge in [-0.1, -0.05) is 6.07 Å². The highest BCUT2D eigenvalue weighted by Gasteiger charge is 2.34. The Balaban J connectivity index is 1.70. The van der Waals surface area contributed by atoms with Crippen LogP contribution in [0.5, 0.6) is 0 Å². The van der Waals surface area contributed by atoms with Crippen molar-refractivity contribution in [2.45, 2.75) is 38.1 Å². The average Bonchev–Trinajstić information content (AvgIpc) is 3.30. The fraction of sp³-hybridized carbons (Fsp3) is 0.444. The van der Waals surface area contributed by atoms with Crippen molar-refractivity contribution in [3.8, 4) is 0 Å². The number of carbonyl (C=O) groups is 1. The molecule has 8 nitrogen and oxygen atoms in total. The maximum absolute atomic E-state index is 12.1. The normalized spacial score (nSPS) is 18.7. The number of nitrogens with two attached hydrogens (primary N) is 1. The van der Waals surface area contributed by atoms with E-state index in [9.17, 15) is 4.79 Å². The Labute approximate surface area is 151 Å².